The molecule has 5 heteroatoms. The monoisotopic (exact) mass is 377 g/mol. The first-order valence-electron chi connectivity index (χ1n) is 10.3. The Hall–Kier alpha value is -2.82. The highest BCUT2D eigenvalue weighted by molar-refractivity contribution is 6.09. The Bertz CT molecular complexity index is 835. The van der Waals surface area contributed by atoms with E-state index >= 15 is 0 Å². The first-order valence-corrected chi connectivity index (χ1v) is 10.3. The lowest BCUT2D eigenvalue weighted by Gasteiger charge is -2.28. The molecule has 2 amide bonds. The van der Waals surface area contributed by atoms with Gasteiger partial charge in [-0.25, -0.2) is 0 Å². The van der Waals surface area contributed by atoms with Crippen molar-refractivity contribution in [3.63, 3.8) is 0 Å². The van der Waals surface area contributed by atoms with Gasteiger partial charge < -0.3 is 15.1 Å². The Balaban J connectivity index is 1.47. The molecule has 0 aromatic heterocycles. The van der Waals surface area contributed by atoms with Crippen LogP contribution in [0.5, 0.6) is 0 Å². The number of piperidine rings is 1. The molecule has 0 aliphatic carbocycles. The summed E-state index contributed by atoms with van der Waals surface area (Å²) < 4.78 is 0. The van der Waals surface area contributed by atoms with Gasteiger partial charge in [0.25, 0.3) is 11.8 Å². The van der Waals surface area contributed by atoms with Gasteiger partial charge in [-0.2, -0.15) is 0 Å². The van der Waals surface area contributed by atoms with Crippen LogP contribution in [0.15, 0.2) is 48.5 Å². The molecule has 146 valence electrons. The molecule has 0 bridgehead atoms. The van der Waals surface area contributed by atoms with Crippen LogP contribution in [0, 0.1) is 0 Å². The van der Waals surface area contributed by atoms with Gasteiger partial charge in [0.1, 0.15) is 0 Å². The third-order valence-electron chi connectivity index (χ3n) is 5.65. The van der Waals surface area contributed by atoms with E-state index in [1.54, 1.807) is 12.1 Å². The number of hydrogen-bond acceptors (Lipinski definition) is 3. The van der Waals surface area contributed by atoms with Crippen LogP contribution in [-0.4, -0.2) is 42.9 Å². The molecule has 0 spiro atoms. The molecular formula is C23H27N3O2. The van der Waals surface area contributed by atoms with Gasteiger partial charge in [-0.1, -0.05) is 12.1 Å². The van der Waals surface area contributed by atoms with Crippen molar-refractivity contribution in [2.24, 2.45) is 0 Å². The topological polar surface area (TPSA) is 52.7 Å². The number of hydrogen-bond donors (Lipinski definition) is 1. The number of carbonyl (C=O) groups is 2. The lowest BCUT2D eigenvalue weighted by atomic mass is 10.1. The minimum Gasteiger partial charge on any atom is -0.372 e. The lowest BCUT2D eigenvalue weighted by molar-refractivity contribution is 0.0794. The molecule has 4 rings (SSSR count). The second kappa shape index (κ2) is 8.46. The summed E-state index contributed by atoms with van der Waals surface area (Å²) in [7, 11) is 0. The molecule has 2 fully saturated rings. The summed E-state index contributed by atoms with van der Waals surface area (Å²) in [6, 6.07) is 15.0. The van der Waals surface area contributed by atoms with E-state index in [-0.39, 0.29) is 11.8 Å². The third-order valence-corrected chi connectivity index (χ3v) is 5.65. The van der Waals surface area contributed by atoms with Crippen LogP contribution in [0.4, 0.5) is 11.4 Å². The Kier molecular flexibility index (Phi) is 5.60. The maximum Gasteiger partial charge on any atom is 0.255 e. The van der Waals surface area contributed by atoms with Gasteiger partial charge in [-0.3, -0.25) is 9.59 Å². The van der Waals surface area contributed by atoms with Crippen LogP contribution in [0.1, 0.15) is 52.8 Å². The summed E-state index contributed by atoms with van der Waals surface area (Å²) in [5.41, 5.74) is 2.90. The van der Waals surface area contributed by atoms with Crippen molar-refractivity contribution in [3.8, 4) is 0 Å². The number of rotatable bonds is 4. The SMILES string of the molecule is O=C(Nc1ccccc1C(=O)N1CCCC1)c1ccc(N2CCCCC2)cc1. The number of nitrogens with zero attached hydrogens (tertiary/aromatic N) is 2. The van der Waals surface area contributed by atoms with Crippen LogP contribution in [-0.2, 0) is 0 Å². The van der Waals surface area contributed by atoms with Gasteiger partial charge in [0, 0.05) is 37.4 Å². The minimum atomic E-state index is -0.188. The summed E-state index contributed by atoms with van der Waals surface area (Å²) in [5.74, 6) is -0.194. The van der Waals surface area contributed by atoms with E-state index in [0.717, 1.165) is 39.0 Å². The van der Waals surface area contributed by atoms with Crippen molar-refractivity contribution in [1.29, 1.82) is 0 Å². The molecule has 0 unspecified atom stereocenters. The van der Waals surface area contributed by atoms with Crippen LogP contribution < -0.4 is 10.2 Å². The van der Waals surface area contributed by atoms with Gasteiger partial charge in [0.05, 0.1) is 11.3 Å². The molecule has 2 aliphatic rings. The number of para-hydroxylation sites is 1. The van der Waals surface area contributed by atoms with E-state index in [4.69, 9.17) is 0 Å². The van der Waals surface area contributed by atoms with E-state index in [1.165, 1.54) is 24.9 Å². The van der Waals surface area contributed by atoms with Crippen molar-refractivity contribution < 1.29 is 9.59 Å². The standard InChI is InChI=1S/C23H27N3O2/c27-22(18-10-12-19(13-11-18)25-14-4-1-5-15-25)24-21-9-3-2-8-20(21)23(28)26-16-6-7-17-26/h2-3,8-13H,1,4-7,14-17H2,(H,24,27). The van der Waals surface area contributed by atoms with Crippen molar-refractivity contribution in [2.75, 3.05) is 36.4 Å². The lowest BCUT2D eigenvalue weighted by Crippen LogP contribution is -2.29. The zero-order chi connectivity index (χ0) is 19.3. The quantitative estimate of drug-likeness (QED) is 0.870. The Morgan fingerprint density at radius 2 is 1.39 bits per heavy atom. The molecular weight excluding hydrogens is 350 g/mol. The highest BCUT2D eigenvalue weighted by Crippen LogP contribution is 2.23. The molecule has 1 N–H and O–H groups in total. The van der Waals surface area contributed by atoms with E-state index in [1.807, 2.05) is 41.3 Å². The van der Waals surface area contributed by atoms with Crippen molar-refractivity contribution in [2.45, 2.75) is 32.1 Å². The Morgan fingerprint density at radius 3 is 2.11 bits per heavy atom. The third kappa shape index (κ3) is 4.03. The van der Waals surface area contributed by atoms with Gasteiger partial charge in [0.2, 0.25) is 0 Å². The number of carbonyl (C=O) groups excluding carboxylic acids is 2. The minimum absolute atomic E-state index is 0.00570. The first kappa shape index (κ1) is 18.5. The number of benzene rings is 2. The summed E-state index contributed by atoms with van der Waals surface area (Å²) in [4.78, 5) is 29.8. The molecule has 2 aromatic rings. The van der Waals surface area contributed by atoms with Crippen LogP contribution >= 0.6 is 0 Å². The highest BCUT2D eigenvalue weighted by Gasteiger charge is 2.22. The van der Waals surface area contributed by atoms with E-state index < -0.39 is 0 Å². The molecule has 0 atom stereocenters. The fraction of sp³-hybridized carbons (Fsp3) is 0.391. The zero-order valence-corrected chi connectivity index (χ0v) is 16.2. The molecule has 2 aliphatic heterocycles. The average molecular weight is 377 g/mol. The first-order chi connectivity index (χ1) is 13.7. The predicted octanol–water partition coefficient (Wildman–Crippen LogP) is 4.17. The van der Waals surface area contributed by atoms with Gasteiger partial charge in [0.15, 0.2) is 0 Å². The highest BCUT2D eigenvalue weighted by atomic mass is 16.2. The van der Waals surface area contributed by atoms with Gasteiger partial charge in [-0.15, -0.1) is 0 Å². The summed E-state index contributed by atoms with van der Waals surface area (Å²) in [6.07, 6.45) is 5.84. The van der Waals surface area contributed by atoms with E-state index in [2.05, 4.69) is 10.2 Å². The molecule has 2 aromatic carbocycles. The predicted molar refractivity (Wildman–Crippen MR) is 112 cm³/mol. The fourth-order valence-electron chi connectivity index (χ4n) is 4.04. The molecule has 0 radical (unpaired) electrons. The number of anilines is 2. The van der Waals surface area contributed by atoms with Gasteiger partial charge >= 0.3 is 0 Å². The maximum absolute atomic E-state index is 12.8. The normalized spacial score (nSPS) is 16.9. The van der Waals surface area contributed by atoms with Crippen molar-refractivity contribution in [3.05, 3.63) is 59.7 Å². The summed E-state index contributed by atoms with van der Waals surface area (Å²) in [5, 5.41) is 2.93. The fourth-order valence-corrected chi connectivity index (χ4v) is 4.04. The summed E-state index contributed by atoms with van der Waals surface area (Å²) >= 11 is 0. The molecule has 28 heavy (non-hydrogen) atoms. The van der Waals surface area contributed by atoms with Crippen molar-refractivity contribution >= 4 is 23.2 Å². The number of likely N-dealkylation sites (tertiary alicyclic amines) is 1. The molecule has 5 nitrogen and oxygen atoms in total. The second-order valence-electron chi connectivity index (χ2n) is 7.59. The summed E-state index contributed by atoms with van der Waals surface area (Å²) in [6.45, 7) is 3.74. The van der Waals surface area contributed by atoms with Crippen LogP contribution in [0.2, 0.25) is 0 Å². The smallest absolute Gasteiger partial charge is 0.255 e. The number of amides is 2. The Morgan fingerprint density at radius 1 is 0.750 bits per heavy atom. The zero-order valence-electron chi connectivity index (χ0n) is 16.2. The maximum atomic E-state index is 12.8. The second-order valence-corrected chi connectivity index (χ2v) is 7.59. The van der Waals surface area contributed by atoms with Crippen LogP contribution in [0.3, 0.4) is 0 Å². The molecule has 0 saturated carbocycles. The average Bonchev–Trinajstić information content (AvgIpc) is 3.29. The Labute approximate surface area is 166 Å². The molecule has 2 heterocycles. The van der Waals surface area contributed by atoms with Crippen molar-refractivity contribution in [1.82, 2.24) is 4.90 Å². The van der Waals surface area contributed by atoms with Crippen LogP contribution in [0.25, 0.3) is 0 Å². The van der Waals surface area contributed by atoms with E-state index in [9.17, 15) is 9.59 Å². The molecule has 2 saturated heterocycles. The largest absolute Gasteiger partial charge is 0.372 e. The van der Waals surface area contributed by atoms with Gasteiger partial charge in [-0.05, 0) is 68.5 Å². The number of nitrogens with one attached hydrogen (secondary N) is 1. The van der Waals surface area contributed by atoms with E-state index in [0.29, 0.717) is 16.8 Å².